The molecule has 25 heavy (non-hydrogen) atoms. The minimum Gasteiger partial charge on any atom is -0.383 e. The van der Waals surface area contributed by atoms with Gasteiger partial charge in [0, 0.05) is 32.7 Å². The highest BCUT2D eigenvalue weighted by atomic mass is 16.5. The fraction of sp³-hybridized carbons (Fsp3) is 0.706. The third-order valence-corrected chi connectivity index (χ3v) is 5.11. The number of carbonyl (C=O) groups excluding carboxylic acids is 2. The zero-order valence-corrected chi connectivity index (χ0v) is 15.0. The molecule has 3 rings (SSSR count). The fourth-order valence-electron chi connectivity index (χ4n) is 3.54. The van der Waals surface area contributed by atoms with Crippen LogP contribution in [0.25, 0.3) is 0 Å². The number of nitrogens with one attached hydrogen (secondary N) is 1. The Morgan fingerprint density at radius 3 is 2.88 bits per heavy atom. The molecular weight excluding hydrogens is 322 g/mol. The van der Waals surface area contributed by atoms with Crippen molar-refractivity contribution in [1.82, 2.24) is 19.6 Å². The minimum atomic E-state index is -0.315. The SMILES string of the molecule is COCCN1CC(C(=O)Nc2ccnn2C2CCN(C)CC2)CC1=O. The summed E-state index contributed by atoms with van der Waals surface area (Å²) in [6.45, 7) is 3.54. The summed E-state index contributed by atoms with van der Waals surface area (Å²) in [5.74, 6) is 0.316. The lowest BCUT2D eigenvalue weighted by Gasteiger charge is -2.30. The van der Waals surface area contributed by atoms with E-state index < -0.39 is 0 Å². The molecule has 1 aromatic rings. The van der Waals surface area contributed by atoms with Gasteiger partial charge >= 0.3 is 0 Å². The average Bonchev–Trinajstić information content (AvgIpc) is 3.20. The number of nitrogens with zero attached hydrogens (tertiary/aromatic N) is 4. The Morgan fingerprint density at radius 2 is 2.16 bits per heavy atom. The number of hydrogen-bond acceptors (Lipinski definition) is 5. The number of carbonyl (C=O) groups is 2. The Bertz CT molecular complexity index is 609. The van der Waals surface area contributed by atoms with Gasteiger partial charge in [-0.3, -0.25) is 9.59 Å². The number of likely N-dealkylation sites (tertiary alicyclic amines) is 2. The van der Waals surface area contributed by atoms with Gasteiger partial charge in [0.05, 0.1) is 24.8 Å². The van der Waals surface area contributed by atoms with E-state index in [0.717, 1.165) is 31.7 Å². The van der Waals surface area contributed by atoms with Crippen molar-refractivity contribution in [2.45, 2.75) is 25.3 Å². The lowest BCUT2D eigenvalue weighted by molar-refractivity contribution is -0.128. The molecule has 0 spiro atoms. The van der Waals surface area contributed by atoms with Crippen LogP contribution >= 0.6 is 0 Å². The molecule has 3 heterocycles. The van der Waals surface area contributed by atoms with Gasteiger partial charge in [0.2, 0.25) is 11.8 Å². The van der Waals surface area contributed by atoms with E-state index in [1.165, 1.54) is 0 Å². The molecule has 8 nitrogen and oxygen atoms in total. The van der Waals surface area contributed by atoms with Gasteiger partial charge in [-0.05, 0) is 33.0 Å². The second-order valence-electron chi connectivity index (χ2n) is 6.92. The molecule has 1 unspecified atom stereocenters. The molecule has 2 aliphatic heterocycles. The van der Waals surface area contributed by atoms with E-state index in [2.05, 4.69) is 22.4 Å². The summed E-state index contributed by atoms with van der Waals surface area (Å²) < 4.78 is 6.94. The number of rotatable bonds is 6. The monoisotopic (exact) mass is 349 g/mol. The molecule has 0 aromatic carbocycles. The van der Waals surface area contributed by atoms with Crippen molar-refractivity contribution in [2.75, 3.05) is 52.3 Å². The van der Waals surface area contributed by atoms with Gasteiger partial charge in [0.25, 0.3) is 0 Å². The van der Waals surface area contributed by atoms with E-state index >= 15 is 0 Å². The molecule has 0 radical (unpaired) electrons. The first-order valence-corrected chi connectivity index (χ1v) is 8.88. The van der Waals surface area contributed by atoms with E-state index in [4.69, 9.17) is 4.74 Å². The molecule has 0 saturated carbocycles. The van der Waals surface area contributed by atoms with Crippen LogP contribution in [-0.4, -0.2) is 78.3 Å². The van der Waals surface area contributed by atoms with Crippen LogP contribution in [-0.2, 0) is 14.3 Å². The Labute approximate surface area is 148 Å². The molecule has 2 amide bonds. The van der Waals surface area contributed by atoms with Crippen LogP contribution in [0.15, 0.2) is 12.3 Å². The van der Waals surface area contributed by atoms with Crippen LogP contribution in [0.5, 0.6) is 0 Å². The zero-order chi connectivity index (χ0) is 17.8. The molecule has 0 bridgehead atoms. The number of amides is 2. The largest absolute Gasteiger partial charge is 0.383 e. The quantitative estimate of drug-likeness (QED) is 0.813. The maximum atomic E-state index is 12.6. The maximum absolute atomic E-state index is 12.6. The molecule has 2 aliphatic rings. The van der Waals surface area contributed by atoms with Crippen molar-refractivity contribution >= 4 is 17.6 Å². The van der Waals surface area contributed by atoms with Gasteiger partial charge < -0.3 is 19.9 Å². The van der Waals surface area contributed by atoms with E-state index in [9.17, 15) is 9.59 Å². The number of aromatic nitrogens is 2. The van der Waals surface area contributed by atoms with Crippen molar-refractivity contribution in [2.24, 2.45) is 5.92 Å². The molecule has 1 aromatic heterocycles. The van der Waals surface area contributed by atoms with Crippen LogP contribution in [0, 0.1) is 5.92 Å². The highest BCUT2D eigenvalue weighted by Crippen LogP contribution is 2.26. The number of ether oxygens (including phenoxy) is 1. The van der Waals surface area contributed by atoms with Crippen LogP contribution in [0.4, 0.5) is 5.82 Å². The van der Waals surface area contributed by atoms with Gasteiger partial charge in [0.15, 0.2) is 0 Å². The molecule has 138 valence electrons. The Morgan fingerprint density at radius 1 is 1.40 bits per heavy atom. The van der Waals surface area contributed by atoms with Gasteiger partial charge in [0.1, 0.15) is 5.82 Å². The Kier molecular flexibility index (Phi) is 5.70. The van der Waals surface area contributed by atoms with Crippen molar-refractivity contribution in [1.29, 1.82) is 0 Å². The highest BCUT2D eigenvalue weighted by Gasteiger charge is 2.34. The second-order valence-corrected chi connectivity index (χ2v) is 6.92. The summed E-state index contributed by atoms with van der Waals surface area (Å²) >= 11 is 0. The van der Waals surface area contributed by atoms with Crippen molar-refractivity contribution in [3.05, 3.63) is 12.3 Å². The molecule has 1 N–H and O–H groups in total. The van der Waals surface area contributed by atoms with Gasteiger partial charge in [-0.2, -0.15) is 5.10 Å². The lowest BCUT2D eigenvalue weighted by atomic mass is 10.1. The van der Waals surface area contributed by atoms with Crippen LogP contribution < -0.4 is 5.32 Å². The summed E-state index contributed by atoms with van der Waals surface area (Å²) in [6, 6.07) is 2.14. The van der Waals surface area contributed by atoms with E-state index in [-0.39, 0.29) is 24.2 Å². The second kappa shape index (κ2) is 7.97. The van der Waals surface area contributed by atoms with Gasteiger partial charge in [-0.1, -0.05) is 0 Å². The molecule has 0 aliphatic carbocycles. The third kappa shape index (κ3) is 4.19. The predicted molar refractivity (Wildman–Crippen MR) is 93.2 cm³/mol. The smallest absolute Gasteiger partial charge is 0.230 e. The summed E-state index contributed by atoms with van der Waals surface area (Å²) in [5, 5.41) is 7.38. The normalized spacial score (nSPS) is 22.6. The summed E-state index contributed by atoms with van der Waals surface area (Å²) in [4.78, 5) is 28.6. The summed E-state index contributed by atoms with van der Waals surface area (Å²) in [6.07, 6.45) is 4.03. The van der Waals surface area contributed by atoms with Gasteiger partial charge in [-0.25, -0.2) is 4.68 Å². The molecular formula is C17H27N5O3. The van der Waals surface area contributed by atoms with E-state index in [1.807, 2.05) is 10.7 Å². The first-order chi connectivity index (χ1) is 12.1. The maximum Gasteiger partial charge on any atom is 0.230 e. The first-order valence-electron chi connectivity index (χ1n) is 8.88. The highest BCUT2D eigenvalue weighted by molar-refractivity contribution is 5.96. The minimum absolute atomic E-state index is 0.0148. The van der Waals surface area contributed by atoms with Gasteiger partial charge in [-0.15, -0.1) is 0 Å². The van der Waals surface area contributed by atoms with Crippen LogP contribution in [0.2, 0.25) is 0 Å². The van der Waals surface area contributed by atoms with Crippen LogP contribution in [0.1, 0.15) is 25.3 Å². The van der Waals surface area contributed by atoms with E-state index in [1.54, 1.807) is 18.2 Å². The number of hydrogen-bond donors (Lipinski definition) is 1. The fourth-order valence-corrected chi connectivity index (χ4v) is 3.54. The molecule has 2 fully saturated rings. The zero-order valence-electron chi connectivity index (χ0n) is 15.0. The molecule has 2 saturated heterocycles. The topological polar surface area (TPSA) is 79.7 Å². The predicted octanol–water partition coefficient (Wildman–Crippen LogP) is 0.583. The molecule has 1 atom stereocenters. The van der Waals surface area contributed by atoms with Crippen molar-refractivity contribution in [3.63, 3.8) is 0 Å². The molecule has 8 heteroatoms. The number of anilines is 1. The summed E-state index contributed by atoms with van der Waals surface area (Å²) in [7, 11) is 3.73. The number of piperidine rings is 1. The Balaban J connectivity index is 1.59. The van der Waals surface area contributed by atoms with E-state index in [0.29, 0.717) is 25.7 Å². The number of methoxy groups -OCH3 is 1. The lowest BCUT2D eigenvalue weighted by Crippen LogP contribution is -2.33. The Hall–Kier alpha value is -1.93. The standard InChI is InChI=1S/C17H27N5O3/c1-20-7-4-14(5-8-20)22-15(3-6-18-22)19-17(24)13-11-16(23)21(12-13)9-10-25-2/h3,6,13-14H,4-5,7-12H2,1-2H3,(H,19,24). The third-order valence-electron chi connectivity index (χ3n) is 5.11. The first kappa shape index (κ1) is 17.9. The summed E-state index contributed by atoms with van der Waals surface area (Å²) in [5.41, 5.74) is 0. The van der Waals surface area contributed by atoms with Crippen molar-refractivity contribution < 1.29 is 14.3 Å². The van der Waals surface area contributed by atoms with Crippen LogP contribution in [0.3, 0.4) is 0 Å². The van der Waals surface area contributed by atoms with Crippen molar-refractivity contribution in [3.8, 4) is 0 Å². The average molecular weight is 349 g/mol.